The summed E-state index contributed by atoms with van der Waals surface area (Å²) in [6.45, 7) is 1.47. The van der Waals surface area contributed by atoms with Gasteiger partial charge < -0.3 is 10.4 Å². The van der Waals surface area contributed by atoms with Crippen molar-refractivity contribution in [3.05, 3.63) is 75.4 Å². The van der Waals surface area contributed by atoms with Gasteiger partial charge in [0.2, 0.25) is 5.91 Å². The van der Waals surface area contributed by atoms with Crippen LogP contribution in [0.5, 0.6) is 0 Å². The van der Waals surface area contributed by atoms with Crippen molar-refractivity contribution in [2.45, 2.75) is 37.5 Å². The van der Waals surface area contributed by atoms with Crippen molar-refractivity contribution >= 4 is 28.9 Å². The monoisotopic (exact) mass is 531 g/mol. The molecule has 0 spiro atoms. The average Bonchev–Trinajstić information content (AvgIpc) is 3.40. The van der Waals surface area contributed by atoms with Crippen LogP contribution in [0.2, 0.25) is 0 Å². The van der Waals surface area contributed by atoms with Gasteiger partial charge in [-0.05, 0) is 61.7 Å². The van der Waals surface area contributed by atoms with Crippen molar-refractivity contribution in [3.8, 4) is 10.4 Å². The van der Waals surface area contributed by atoms with E-state index in [1.165, 1.54) is 13.0 Å². The number of carbonyl (C=O) groups excluding carboxylic acids is 1. The van der Waals surface area contributed by atoms with Gasteiger partial charge in [0, 0.05) is 21.7 Å². The highest BCUT2D eigenvalue weighted by atomic mass is 32.1. The molecule has 1 aliphatic carbocycles. The first-order valence-corrected chi connectivity index (χ1v) is 11.2. The van der Waals surface area contributed by atoms with Crippen molar-refractivity contribution in [2.24, 2.45) is 0 Å². The van der Waals surface area contributed by atoms with Gasteiger partial charge in [-0.2, -0.15) is 26.3 Å². The van der Waals surface area contributed by atoms with Crippen LogP contribution in [0.15, 0.2) is 42.5 Å². The summed E-state index contributed by atoms with van der Waals surface area (Å²) in [5.41, 5.74) is -2.85. The van der Waals surface area contributed by atoms with Crippen LogP contribution in [-0.4, -0.2) is 17.0 Å². The van der Waals surface area contributed by atoms with E-state index < -0.39 is 45.9 Å². The number of carboxylic acids is 1. The number of alkyl halides is 6. The van der Waals surface area contributed by atoms with Crippen LogP contribution >= 0.6 is 11.3 Å². The summed E-state index contributed by atoms with van der Waals surface area (Å²) in [4.78, 5) is 24.1. The van der Waals surface area contributed by atoms with E-state index in [9.17, 15) is 45.4 Å². The molecule has 0 bridgehead atoms. The zero-order chi connectivity index (χ0) is 26.6. The molecule has 1 aliphatic rings. The quantitative estimate of drug-likeness (QED) is 0.341. The van der Waals surface area contributed by atoms with E-state index in [2.05, 4.69) is 5.32 Å². The first kappa shape index (κ1) is 25.7. The van der Waals surface area contributed by atoms with Crippen molar-refractivity contribution in [2.75, 3.05) is 5.32 Å². The molecule has 1 aromatic heterocycles. The first-order chi connectivity index (χ1) is 16.6. The number of benzene rings is 2. The molecule has 0 saturated heterocycles. The fraction of sp³-hybridized carbons (Fsp3) is 0.250. The number of carboxylic acid groups (broad SMARTS) is 1. The molecule has 0 radical (unpaired) electrons. The third-order valence-electron chi connectivity index (χ3n) is 5.95. The summed E-state index contributed by atoms with van der Waals surface area (Å²) in [6, 6.07) is 6.37. The van der Waals surface area contributed by atoms with Crippen LogP contribution in [0, 0.1) is 12.7 Å². The molecular formula is C24H16F7NO3S. The third-order valence-corrected chi connectivity index (χ3v) is 7.10. The number of halogens is 7. The predicted molar refractivity (Wildman–Crippen MR) is 117 cm³/mol. The number of aromatic carboxylic acids is 1. The maximum atomic E-state index is 14.5. The van der Waals surface area contributed by atoms with Crippen LogP contribution in [0.25, 0.3) is 10.4 Å². The van der Waals surface area contributed by atoms with Gasteiger partial charge in [0.05, 0.1) is 16.5 Å². The Morgan fingerprint density at radius 1 is 0.972 bits per heavy atom. The second-order valence-electron chi connectivity index (χ2n) is 8.41. The van der Waals surface area contributed by atoms with Gasteiger partial charge in [-0.15, -0.1) is 11.3 Å². The highest BCUT2D eigenvalue weighted by Gasteiger charge is 2.53. The lowest BCUT2D eigenvalue weighted by molar-refractivity contribution is -0.138. The Kier molecular flexibility index (Phi) is 6.14. The summed E-state index contributed by atoms with van der Waals surface area (Å²) < 4.78 is 92.2. The van der Waals surface area contributed by atoms with Gasteiger partial charge in [0.15, 0.2) is 0 Å². The van der Waals surface area contributed by atoms with Crippen molar-refractivity contribution in [3.63, 3.8) is 0 Å². The van der Waals surface area contributed by atoms with Gasteiger partial charge in [0.1, 0.15) is 10.7 Å². The van der Waals surface area contributed by atoms with Crippen molar-refractivity contribution in [1.82, 2.24) is 0 Å². The predicted octanol–water partition coefficient (Wildman–Crippen LogP) is 7.27. The molecule has 4 rings (SSSR count). The number of anilines is 1. The Hall–Kier alpha value is -3.41. The molecule has 0 aliphatic heterocycles. The number of nitrogens with one attached hydrogen (secondary N) is 1. The second-order valence-corrected chi connectivity index (χ2v) is 9.49. The normalized spacial score (nSPS) is 15.0. The van der Waals surface area contributed by atoms with E-state index in [1.807, 2.05) is 0 Å². The molecule has 12 heteroatoms. The maximum absolute atomic E-state index is 14.5. The Morgan fingerprint density at radius 3 is 2.14 bits per heavy atom. The molecule has 0 atom stereocenters. The van der Waals surface area contributed by atoms with Crippen molar-refractivity contribution in [1.29, 1.82) is 0 Å². The van der Waals surface area contributed by atoms with Gasteiger partial charge in [-0.3, -0.25) is 4.79 Å². The summed E-state index contributed by atoms with van der Waals surface area (Å²) in [5, 5.41) is 12.2. The Labute approximate surface area is 203 Å². The van der Waals surface area contributed by atoms with E-state index >= 15 is 0 Å². The minimum absolute atomic E-state index is 0.00449. The Balaban J connectivity index is 1.66. The van der Waals surface area contributed by atoms with Gasteiger partial charge in [-0.25, -0.2) is 9.18 Å². The standard InChI is InChI=1S/C24H16F7NO3S/c1-11-8-13(10-14(20(33)34)19(11)17-4-5-18(36-17)24(29,30)31)32-21(35)22(6-7-22)15-3-2-12(9-16(15)25)23(26,27)28/h2-5,8-10H,6-7H2,1H3,(H,32,35)(H,33,34). The van der Waals surface area contributed by atoms with Crippen LogP contribution < -0.4 is 5.32 Å². The average molecular weight is 531 g/mol. The van der Waals surface area contributed by atoms with E-state index in [-0.39, 0.29) is 45.7 Å². The van der Waals surface area contributed by atoms with Gasteiger partial charge in [0.25, 0.3) is 0 Å². The van der Waals surface area contributed by atoms with Gasteiger partial charge in [-0.1, -0.05) is 6.07 Å². The number of aryl methyl sites for hydroxylation is 1. The lowest BCUT2D eigenvalue weighted by Gasteiger charge is -2.19. The van der Waals surface area contributed by atoms with Crippen LogP contribution in [0.4, 0.5) is 36.4 Å². The topological polar surface area (TPSA) is 66.4 Å². The largest absolute Gasteiger partial charge is 0.478 e. The summed E-state index contributed by atoms with van der Waals surface area (Å²) in [5.74, 6) is -3.37. The zero-order valence-corrected chi connectivity index (χ0v) is 19.1. The Bertz CT molecular complexity index is 1370. The fourth-order valence-electron chi connectivity index (χ4n) is 4.05. The molecule has 36 heavy (non-hydrogen) atoms. The summed E-state index contributed by atoms with van der Waals surface area (Å²) in [7, 11) is 0. The lowest BCUT2D eigenvalue weighted by Crippen LogP contribution is -2.29. The van der Waals surface area contributed by atoms with Crippen molar-refractivity contribution < 1.29 is 45.4 Å². The zero-order valence-electron chi connectivity index (χ0n) is 18.3. The molecule has 190 valence electrons. The number of thiophene rings is 1. The molecule has 2 aromatic carbocycles. The van der Waals surface area contributed by atoms with E-state index in [0.717, 1.165) is 24.3 Å². The maximum Gasteiger partial charge on any atom is 0.425 e. The molecule has 4 nitrogen and oxygen atoms in total. The Morgan fingerprint density at radius 2 is 1.64 bits per heavy atom. The number of amides is 1. The minimum Gasteiger partial charge on any atom is -0.478 e. The number of rotatable bonds is 5. The van der Waals surface area contributed by atoms with E-state index in [1.54, 1.807) is 0 Å². The SMILES string of the molecule is Cc1cc(NC(=O)C2(c3ccc(C(F)(F)F)cc3F)CC2)cc(C(=O)O)c1-c1ccc(C(F)(F)F)s1. The van der Waals surface area contributed by atoms with Crippen LogP contribution in [0.3, 0.4) is 0 Å². The molecule has 1 heterocycles. The van der Waals surface area contributed by atoms with Crippen LogP contribution in [-0.2, 0) is 22.6 Å². The molecule has 1 fully saturated rings. The smallest absolute Gasteiger partial charge is 0.425 e. The second kappa shape index (κ2) is 8.61. The van der Waals surface area contributed by atoms with E-state index in [0.29, 0.717) is 23.5 Å². The fourth-order valence-corrected chi connectivity index (χ4v) is 5.05. The molecule has 1 saturated carbocycles. The molecular weight excluding hydrogens is 515 g/mol. The molecule has 0 unspecified atom stereocenters. The molecule has 1 amide bonds. The molecule has 2 N–H and O–H groups in total. The number of hydrogen-bond acceptors (Lipinski definition) is 3. The lowest BCUT2D eigenvalue weighted by atomic mass is 9.92. The summed E-state index contributed by atoms with van der Waals surface area (Å²) in [6.07, 6.45) is -9.02. The van der Waals surface area contributed by atoms with Gasteiger partial charge >= 0.3 is 18.3 Å². The van der Waals surface area contributed by atoms with Crippen LogP contribution in [0.1, 0.15) is 44.8 Å². The minimum atomic E-state index is -4.76. The molecule has 3 aromatic rings. The third kappa shape index (κ3) is 4.69. The highest BCUT2D eigenvalue weighted by Crippen LogP contribution is 2.50. The number of carbonyl (C=O) groups is 2. The summed E-state index contributed by atoms with van der Waals surface area (Å²) >= 11 is 0.377. The van der Waals surface area contributed by atoms with E-state index in [4.69, 9.17) is 0 Å². The highest BCUT2D eigenvalue weighted by molar-refractivity contribution is 7.15. The first-order valence-electron chi connectivity index (χ1n) is 10.4. The number of hydrogen-bond donors (Lipinski definition) is 2.